The Morgan fingerprint density at radius 2 is 1.89 bits per heavy atom. The van der Waals surface area contributed by atoms with Crippen molar-refractivity contribution in [1.29, 1.82) is 0 Å². The minimum atomic E-state index is 0.156. The maximum Gasteiger partial charge on any atom is 0.222 e. The minimum absolute atomic E-state index is 0.156. The number of phenols is 1. The van der Waals surface area contributed by atoms with E-state index in [0.717, 1.165) is 30.1 Å². The average molecular weight is 389 g/mol. The van der Waals surface area contributed by atoms with Crippen LogP contribution < -0.4 is 9.64 Å². The molecule has 6 heteroatoms. The number of rotatable bonds is 6. The molecule has 2 aromatic rings. The summed E-state index contributed by atoms with van der Waals surface area (Å²) in [5, 5.41) is 10.7. The van der Waals surface area contributed by atoms with Crippen molar-refractivity contribution in [2.24, 2.45) is 0 Å². The number of aromatic hydroxyl groups is 1. The van der Waals surface area contributed by atoms with E-state index in [1.165, 1.54) is 0 Å². The Hall–Kier alpha value is -2.40. The molecular formula is C21H25ClN2O3. The molecule has 1 N–H and O–H groups in total. The number of para-hydroxylation sites is 2. The molecule has 1 saturated heterocycles. The van der Waals surface area contributed by atoms with Gasteiger partial charge < -0.3 is 19.6 Å². The molecule has 1 fully saturated rings. The number of hydrogen-bond acceptors (Lipinski definition) is 4. The molecule has 0 saturated carbocycles. The number of nitrogens with zero attached hydrogens (tertiary/aromatic N) is 2. The highest BCUT2D eigenvalue weighted by Crippen LogP contribution is 2.27. The summed E-state index contributed by atoms with van der Waals surface area (Å²) in [5.74, 6) is 1.25. The zero-order valence-electron chi connectivity index (χ0n) is 15.5. The molecule has 0 aliphatic carbocycles. The molecule has 0 bridgehead atoms. The lowest BCUT2D eigenvalue weighted by Gasteiger charge is -2.36. The maximum atomic E-state index is 12.4. The highest BCUT2D eigenvalue weighted by Gasteiger charge is 2.22. The van der Waals surface area contributed by atoms with Crippen molar-refractivity contribution in [1.82, 2.24) is 4.90 Å². The van der Waals surface area contributed by atoms with Crippen molar-refractivity contribution >= 4 is 23.2 Å². The number of piperazine rings is 1. The van der Waals surface area contributed by atoms with Crippen molar-refractivity contribution < 1.29 is 14.6 Å². The zero-order chi connectivity index (χ0) is 19.2. The van der Waals surface area contributed by atoms with E-state index in [0.29, 0.717) is 37.6 Å². The van der Waals surface area contributed by atoms with Crippen LogP contribution in [0.4, 0.5) is 5.69 Å². The van der Waals surface area contributed by atoms with Crippen molar-refractivity contribution in [3.63, 3.8) is 0 Å². The summed E-state index contributed by atoms with van der Waals surface area (Å²) in [6, 6.07) is 12.8. The Balaban J connectivity index is 1.40. The first-order valence-electron chi connectivity index (χ1n) is 9.24. The van der Waals surface area contributed by atoms with E-state index < -0.39 is 0 Å². The largest absolute Gasteiger partial charge is 0.506 e. The van der Waals surface area contributed by atoms with Crippen LogP contribution in [-0.2, 0) is 4.79 Å². The Morgan fingerprint density at radius 3 is 2.59 bits per heavy atom. The van der Waals surface area contributed by atoms with Crippen molar-refractivity contribution in [3.8, 4) is 11.5 Å². The number of hydrogen-bond donors (Lipinski definition) is 1. The van der Waals surface area contributed by atoms with Gasteiger partial charge in [-0.15, -0.1) is 0 Å². The van der Waals surface area contributed by atoms with Gasteiger partial charge in [0, 0.05) is 37.6 Å². The third kappa shape index (κ3) is 5.07. The van der Waals surface area contributed by atoms with Crippen LogP contribution >= 0.6 is 11.6 Å². The minimum Gasteiger partial charge on any atom is -0.506 e. The fourth-order valence-corrected chi connectivity index (χ4v) is 3.49. The van der Waals surface area contributed by atoms with Crippen molar-refractivity contribution in [2.75, 3.05) is 37.7 Å². The highest BCUT2D eigenvalue weighted by atomic mass is 35.5. The summed E-state index contributed by atoms with van der Waals surface area (Å²) in [6.45, 7) is 5.25. The van der Waals surface area contributed by atoms with Crippen molar-refractivity contribution in [3.05, 3.63) is 53.1 Å². The fourth-order valence-electron chi connectivity index (χ4n) is 3.27. The third-order valence-electron chi connectivity index (χ3n) is 4.78. The van der Waals surface area contributed by atoms with Crippen LogP contribution in [0.2, 0.25) is 5.02 Å². The molecule has 5 nitrogen and oxygen atoms in total. The average Bonchev–Trinajstić information content (AvgIpc) is 2.67. The SMILES string of the molecule is Cc1cc(Cl)ccc1OCCCC(=O)N1CCN(c2ccccc2O)CC1. The Bertz CT molecular complexity index is 789. The van der Waals surface area contributed by atoms with Crippen molar-refractivity contribution in [2.45, 2.75) is 19.8 Å². The Morgan fingerprint density at radius 1 is 1.15 bits per heavy atom. The lowest BCUT2D eigenvalue weighted by molar-refractivity contribution is -0.131. The predicted octanol–water partition coefficient (Wildman–Crippen LogP) is 3.86. The van der Waals surface area contributed by atoms with Gasteiger partial charge in [-0.3, -0.25) is 4.79 Å². The Labute approximate surface area is 165 Å². The van der Waals surface area contributed by atoms with Gasteiger partial charge in [-0.25, -0.2) is 0 Å². The van der Waals surface area contributed by atoms with Gasteiger partial charge in [0.15, 0.2) is 0 Å². The second-order valence-corrected chi connectivity index (χ2v) is 7.15. The summed E-state index contributed by atoms with van der Waals surface area (Å²) in [4.78, 5) is 16.4. The van der Waals surface area contributed by atoms with E-state index in [4.69, 9.17) is 16.3 Å². The standard InChI is InChI=1S/C21H25ClN2O3/c1-16-15-17(22)8-9-20(16)27-14-4-7-21(26)24-12-10-23(11-13-24)18-5-2-3-6-19(18)25/h2-3,5-6,8-9,15,25H,4,7,10-14H2,1H3. The summed E-state index contributed by atoms with van der Waals surface area (Å²) in [5.41, 5.74) is 1.82. The first-order valence-corrected chi connectivity index (χ1v) is 9.62. The number of benzene rings is 2. The first-order chi connectivity index (χ1) is 13.0. The van der Waals surface area contributed by atoms with Crippen LogP contribution in [0.5, 0.6) is 11.5 Å². The number of aryl methyl sites for hydroxylation is 1. The van der Waals surface area contributed by atoms with Crippen LogP contribution in [0.3, 0.4) is 0 Å². The molecule has 144 valence electrons. The molecule has 0 unspecified atom stereocenters. The smallest absolute Gasteiger partial charge is 0.222 e. The van der Waals surface area contributed by atoms with Gasteiger partial charge in [-0.2, -0.15) is 0 Å². The van der Waals surface area contributed by atoms with E-state index in [1.807, 2.05) is 42.2 Å². The van der Waals surface area contributed by atoms with E-state index in [2.05, 4.69) is 4.90 Å². The van der Waals surface area contributed by atoms with Gasteiger partial charge in [0.05, 0.1) is 12.3 Å². The van der Waals surface area contributed by atoms with Crippen LogP contribution in [0, 0.1) is 6.92 Å². The molecule has 1 aliphatic heterocycles. The predicted molar refractivity (Wildman–Crippen MR) is 108 cm³/mol. The first kappa shape index (κ1) is 19.4. The van der Waals surface area contributed by atoms with E-state index in [-0.39, 0.29) is 11.7 Å². The maximum absolute atomic E-state index is 12.4. The quantitative estimate of drug-likeness (QED) is 0.763. The fraction of sp³-hybridized carbons (Fsp3) is 0.381. The molecule has 0 radical (unpaired) electrons. The van der Waals surface area contributed by atoms with Crippen LogP contribution in [0.1, 0.15) is 18.4 Å². The number of anilines is 1. The normalized spacial score (nSPS) is 14.3. The van der Waals surface area contributed by atoms with Gasteiger partial charge >= 0.3 is 0 Å². The Kier molecular flexibility index (Phi) is 6.45. The number of phenolic OH excluding ortho intramolecular Hbond substituents is 1. The monoisotopic (exact) mass is 388 g/mol. The van der Waals surface area contributed by atoms with Crippen LogP contribution in [0.25, 0.3) is 0 Å². The summed E-state index contributed by atoms with van der Waals surface area (Å²) in [7, 11) is 0. The molecule has 2 aromatic carbocycles. The second-order valence-electron chi connectivity index (χ2n) is 6.72. The summed E-state index contributed by atoms with van der Waals surface area (Å²) < 4.78 is 5.75. The van der Waals surface area contributed by atoms with Gasteiger partial charge in [0.25, 0.3) is 0 Å². The van der Waals surface area contributed by atoms with Gasteiger partial charge in [-0.05, 0) is 49.2 Å². The van der Waals surface area contributed by atoms with Crippen LogP contribution in [-0.4, -0.2) is 48.7 Å². The molecule has 1 heterocycles. The van der Waals surface area contributed by atoms with Gasteiger partial charge in [-0.1, -0.05) is 23.7 Å². The summed E-state index contributed by atoms with van der Waals surface area (Å²) in [6.07, 6.45) is 1.16. The molecule has 1 aliphatic rings. The zero-order valence-corrected chi connectivity index (χ0v) is 16.3. The topological polar surface area (TPSA) is 53.0 Å². The second kappa shape index (κ2) is 9.00. The number of carbonyl (C=O) groups is 1. The number of amides is 1. The van der Waals surface area contributed by atoms with Gasteiger partial charge in [0.2, 0.25) is 5.91 Å². The summed E-state index contributed by atoms with van der Waals surface area (Å²) >= 11 is 5.94. The highest BCUT2D eigenvalue weighted by molar-refractivity contribution is 6.30. The number of halogens is 1. The van der Waals surface area contributed by atoms with E-state index >= 15 is 0 Å². The lowest BCUT2D eigenvalue weighted by Crippen LogP contribution is -2.48. The molecular weight excluding hydrogens is 364 g/mol. The van der Waals surface area contributed by atoms with Gasteiger partial charge in [0.1, 0.15) is 11.5 Å². The van der Waals surface area contributed by atoms with Crippen LogP contribution in [0.15, 0.2) is 42.5 Å². The molecule has 0 aromatic heterocycles. The molecule has 3 rings (SSSR count). The lowest BCUT2D eigenvalue weighted by atomic mass is 10.2. The van der Waals surface area contributed by atoms with E-state index in [9.17, 15) is 9.90 Å². The molecule has 0 spiro atoms. The van der Waals surface area contributed by atoms with E-state index in [1.54, 1.807) is 12.1 Å². The number of carbonyl (C=O) groups excluding carboxylic acids is 1. The molecule has 27 heavy (non-hydrogen) atoms. The third-order valence-corrected chi connectivity index (χ3v) is 5.02. The number of ether oxygens (including phenoxy) is 1. The molecule has 1 amide bonds. The molecule has 0 atom stereocenters.